The number of hydrogen-bond acceptors (Lipinski definition) is 5. The molecule has 0 aliphatic carbocycles. The second kappa shape index (κ2) is 7.39. The van der Waals surface area contributed by atoms with Crippen LogP contribution in [0.5, 0.6) is 0 Å². The van der Waals surface area contributed by atoms with Gasteiger partial charge in [-0.15, -0.1) is 22.7 Å². The molecule has 0 unspecified atom stereocenters. The van der Waals surface area contributed by atoms with Crippen molar-refractivity contribution in [1.29, 1.82) is 0 Å². The SMILES string of the molecule is O=C(NCCc1nc(C(=O)O)cs1)NCc1ccc(Cl)s1. The summed E-state index contributed by atoms with van der Waals surface area (Å²) in [5, 5.41) is 16.3. The lowest BCUT2D eigenvalue weighted by Crippen LogP contribution is -2.36. The minimum Gasteiger partial charge on any atom is -0.476 e. The van der Waals surface area contributed by atoms with Gasteiger partial charge in [-0.2, -0.15) is 0 Å². The molecule has 0 aromatic carbocycles. The Morgan fingerprint density at radius 3 is 2.76 bits per heavy atom. The average Bonchev–Trinajstić information content (AvgIpc) is 3.05. The van der Waals surface area contributed by atoms with Crippen molar-refractivity contribution in [1.82, 2.24) is 15.6 Å². The number of carboxylic acid groups (broad SMARTS) is 1. The molecule has 0 saturated heterocycles. The summed E-state index contributed by atoms with van der Waals surface area (Å²) in [6, 6.07) is 3.36. The fraction of sp³-hybridized carbons (Fsp3) is 0.250. The first-order valence-corrected chi connectivity index (χ1v) is 8.05. The van der Waals surface area contributed by atoms with Crippen LogP contribution in [0.4, 0.5) is 4.79 Å². The van der Waals surface area contributed by atoms with Crippen molar-refractivity contribution in [2.24, 2.45) is 0 Å². The van der Waals surface area contributed by atoms with E-state index in [2.05, 4.69) is 15.6 Å². The first-order chi connectivity index (χ1) is 10.0. The number of thiophene rings is 1. The average molecular weight is 346 g/mol. The van der Waals surface area contributed by atoms with Gasteiger partial charge in [-0.1, -0.05) is 11.6 Å². The number of urea groups is 1. The number of halogens is 1. The van der Waals surface area contributed by atoms with E-state index in [1.165, 1.54) is 28.1 Å². The minimum absolute atomic E-state index is 0.0361. The molecule has 0 atom stereocenters. The Balaban J connectivity index is 1.67. The molecule has 21 heavy (non-hydrogen) atoms. The maximum absolute atomic E-state index is 11.6. The quantitative estimate of drug-likeness (QED) is 0.750. The third-order valence-electron chi connectivity index (χ3n) is 2.45. The summed E-state index contributed by atoms with van der Waals surface area (Å²) in [6.45, 7) is 0.813. The summed E-state index contributed by atoms with van der Waals surface area (Å²) >= 11 is 8.47. The van der Waals surface area contributed by atoms with Gasteiger partial charge in [0, 0.05) is 23.2 Å². The lowest BCUT2D eigenvalue weighted by molar-refractivity contribution is 0.0691. The van der Waals surface area contributed by atoms with Gasteiger partial charge in [-0.3, -0.25) is 0 Å². The van der Waals surface area contributed by atoms with Crippen LogP contribution in [0.3, 0.4) is 0 Å². The van der Waals surface area contributed by atoms with Gasteiger partial charge in [0.2, 0.25) is 0 Å². The highest BCUT2D eigenvalue weighted by Gasteiger charge is 2.08. The molecule has 0 saturated carbocycles. The minimum atomic E-state index is -1.04. The van der Waals surface area contributed by atoms with Crippen LogP contribution in [-0.4, -0.2) is 28.6 Å². The molecule has 0 aliphatic rings. The Labute approximate surface area is 133 Å². The molecular formula is C12H12ClN3O3S2. The van der Waals surface area contributed by atoms with Crippen molar-refractivity contribution < 1.29 is 14.7 Å². The predicted octanol–water partition coefficient (Wildman–Crippen LogP) is 2.60. The van der Waals surface area contributed by atoms with Crippen molar-refractivity contribution in [3.8, 4) is 0 Å². The first kappa shape index (κ1) is 15.7. The summed E-state index contributed by atoms with van der Waals surface area (Å²) < 4.78 is 0.685. The van der Waals surface area contributed by atoms with Crippen LogP contribution >= 0.6 is 34.3 Å². The van der Waals surface area contributed by atoms with Crippen LogP contribution in [0, 0.1) is 0 Å². The van der Waals surface area contributed by atoms with Crippen LogP contribution in [-0.2, 0) is 13.0 Å². The lowest BCUT2D eigenvalue weighted by atomic mass is 10.4. The Hall–Kier alpha value is -1.64. The second-order valence-corrected chi connectivity index (χ2v) is 6.74. The molecule has 6 nitrogen and oxygen atoms in total. The second-order valence-electron chi connectivity index (χ2n) is 4.00. The third kappa shape index (κ3) is 5.00. The molecule has 2 rings (SSSR count). The van der Waals surface area contributed by atoms with E-state index in [4.69, 9.17) is 16.7 Å². The zero-order valence-electron chi connectivity index (χ0n) is 10.8. The van der Waals surface area contributed by atoms with Crippen LogP contribution in [0.15, 0.2) is 17.5 Å². The van der Waals surface area contributed by atoms with Crippen molar-refractivity contribution >= 4 is 46.3 Å². The lowest BCUT2D eigenvalue weighted by Gasteiger charge is -2.05. The van der Waals surface area contributed by atoms with E-state index >= 15 is 0 Å². The van der Waals surface area contributed by atoms with Gasteiger partial charge in [0.15, 0.2) is 5.69 Å². The summed E-state index contributed by atoms with van der Waals surface area (Å²) in [6.07, 6.45) is 0.496. The number of thiazole rings is 1. The maximum Gasteiger partial charge on any atom is 0.355 e. The maximum atomic E-state index is 11.6. The molecule has 0 bridgehead atoms. The standard InChI is InChI=1S/C12H12ClN3O3S2/c13-9-2-1-7(21-9)5-15-12(19)14-4-3-10-16-8(6-20-10)11(17)18/h1-2,6H,3-5H2,(H,17,18)(H2,14,15,19). The van der Waals surface area contributed by atoms with E-state index in [9.17, 15) is 9.59 Å². The largest absolute Gasteiger partial charge is 0.476 e. The van der Waals surface area contributed by atoms with Gasteiger partial charge in [-0.25, -0.2) is 14.6 Å². The Kier molecular flexibility index (Phi) is 5.54. The fourth-order valence-corrected chi connectivity index (χ4v) is 3.28. The molecule has 9 heteroatoms. The molecule has 2 heterocycles. The molecule has 0 aliphatic heterocycles. The molecule has 3 N–H and O–H groups in total. The summed E-state index contributed by atoms with van der Waals surface area (Å²) in [4.78, 5) is 27.1. The zero-order valence-corrected chi connectivity index (χ0v) is 13.1. The Morgan fingerprint density at radius 2 is 2.14 bits per heavy atom. The number of hydrogen-bond donors (Lipinski definition) is 3. The van der Waals surface area contributed by atoms with Crippen LogP contribution in [0.25, 0.3) is 0 Å². The van der Waals surface area contributed by atoms with Gasteiger partial charge in [0.05, 0.1) is 15.9 Å². The van der Waals surface area contributed by atoms with Gasteiger partial charge < -0.3 is 15.7 Å². The third-order valence-corrected chi connectivity index (χ3v) is 4.59. The van der Waals surface area contributed by atoms with E-state index in [1.54, 1.807) is 6.07 Å². The van der Waals surface area contributed by atoms with Gasteiger partial charge in [-0.05, 0) is 12.1 Å². The van der Waals surface area contributed by atoms with E-state index in [-0.39, 0.29) is 11.7 Å². The van der Waals surface area contributed by atoms with Crippen molar-refractivity contribution in [2.45, 2.75) is 13.0 Å². The molecule has 2 amide bonds. The summed E-state index contributed by atoms with van der Waals surface area (Å²) in [5.74, 6) is -1.04. The molecule has 2 aromatic rings. The number of aromatic nitrogens is 1. The molecular weight excluding hydrogens is 334 g/mol. The van der Waals surface area contributed by atoms with E-state index in [0.717, 1.165) is 4.88 Å². The highest BCUT2D eigenvalue weighted by molar-refractivity contribution is 7.16. The van der Waals surface area contributed by atoms with Gasteiger partial charge >= 0.3 is 12.0 Å². The number of carboxylic acids is 1. The number of carbonyl (C=O) groups excluding carboxylic acids is 1. The molecule has 0 radical (unpaired) electrons. The topological polar surface area (TPSA) is 91.3 Å². The van der Waals surface area contributed by atoms with Crippen molar-refractivity contribution in [3.05, 3.63) is 37.4 Å². The highest BCUT2D eigenvalue weighted by Crippen LogP contribution is 2.20. The van der Waals surface area contributed by atoms with Crippen molar-refractivity contribution in [3.63, 3.8) is 0 Å². The predicted molar refractivity (Wildman–Crippen MR) is 82.3 cm³/mol. The monoisotopic (exact) mass is 345 g/mol. The van der Waals surface area contributed by atoms with E-state index in [1.807, 2.05) is 6.07 Å². The number of nitrogens with one attached hydrogen (secondary N) is 2. The smallest absolute Gasteiger partial charge is 0.355 e. The number of carbonyl (C=O) groups is 2. The van der Waals surface area contributed by atoms with Gasteiger partial charge in [0.1, 0.15) is 0 Å². The number of amides is 2. The number of nitrogens with zero attached hydrogens (tertiary/aromatic N) is 1. The fourth-order valence-electron chi connectivity index (χ4n) is 1.48. The van der Waals surface area contributed by atoms with Crippen LogP contribution in [0.1, 0.15) is 20.4 Å². The van der Waals surface area contributed by atoms with Crippen LogP contribution in [0.2, 0.25) is 4.34 Å². The zero-order chi connectivity index (χ0) is 15.2. The normalized spacial score (nSPS) is 10.3. The Morgan fingerprint density at radius 1 is 1.33 bits per heavy atom. The van der Waals surface area contributed by atoms with Gasteiger partial charge in [0.25, 0.3) is 0 Å². The molecule has 2 aromatic heterocycles. The summed E-state index contributed by atoms with van der Waals surface area (Å²) in [7, 11) is 0. The first-order valence-electron chi connectivity index (χ1n) is 5.98. The van der Waals surface area contributed by atoms with Crippen LogP contribution < -0.4 is 10.6 Å². The van der Waals surface area contributed by atoms with E-state index in [0.29, 0.717) is 28.9 Å². The Bertz CT molecular complexity index is 641. The molecule has 0 fully saturated rings. The van der Waals surface area contributed by atoms with Crippen molar-refractivity contribution in [2.75, 3.05) is 6.54 Å². The van der Waals surface area contributed by atoms with E-state index < -0.39 is 5.97 Å². The number of aromatic carboxylic acids is 1. The molecule has 112 valence electrons. The summed E-state index contributed by atoms with van der Waals surface area (Å²) in [5.41, 5.74) is 0.0361. The number of rotatable bonds is 6. The highest BCUT2D eigenvalue weighted by atomic mass is 35.5. The molecule has 0 spiro atoms.